The molecule has 0 fully saturated rings. The first-order chi connectivity index (χ1) is 19.0. The normalized spacial score (nSPS) is 12.1. The van der Waals surface area contributed by atoms with Gasteiger partial charge in [0.25, 0.3) is 0 Å². The van der Waals surface area contributed by atoms with E-state index in [1.807, 2.05) is 24.3 Å². The van der Waals surface area contributed by atoms with E-state index in [1.165, 1.54) is 18.4 Å². The molecule has 39 heavy (non-hydrogen) atoms. The second kappa shape index (κ2) is 14.2. The molecule has 0 bridgehead atoms. The largest absolute Gasteiger partial charge is 0.493 e. The quantitative estimate of drug-likeness (QED) is 0.119. The zero-order valence-corrected chi connectivity index (χ0v) is 24.1. The van der Waals surface area contributed by atoms with Crippen LogP contribution in [0.4, 0.5) is 0 Å². The standard InChI is InChI=1S/C33H39NO4S/c1-4-6-11-24-12-8-14-26(21-24)31-29-17-18-30(28(16-7-5-2)32(29)38-34-31)37-19-10-20-39-27-15-9-13-25(22-27)23(3)33(35)36/h8-9,12-15,17-18,21-23H,4-7,10-11,16,19-20H2,1-3H3,(H,35,36). The van der Waals surface area contributed by atoms with Crippen LogP contribution in [0.2, 0.25) is 0 Å². The number of hydrogen-bond acceptors (Lipinski definition) is 5. The van der Waals surface area contributed by atoms with Crippen LogP contribution < -0.4 is 4.74 Å². The van der Waals surface area contributed by atoms with Crippen molar-refractivity contribution in [3.63, 3.8) is 0 Å². The van der Waals surface area contributed by atoms with Crippen molar-refractivity contribution in [2.45, 2.75) is 76.5 Å². The molecule has 1 atom stereocenters. The van der Waals surface area contributed by atoms with E-state index >= 15 is 0 Å². The summed E-state index contributed by atoms with van der Waals surface area (Å²) in [6.07, 6.45) is 7.34. The first-order valence-electron chi connectivity index (χ1n) is 14.1. The Balaban J connectivity index is 1.43. The van der Waals surface area contributed by atoms with Gasteiger partial charge in [-0.3, -0.25) is 4.79 Å². The van der Waals surface area contributed by atoms with Crippen molar-refractivity contribution in [3.8, 4) is 17.0 Å². The highest BCUT2D eigenvalue weighted by atomic mass is 32.2. The molecule has 1 unspecified atom stereocenters. The van der Waals surface area contributed by atoms with Crippen molar-refractivity contribution in [3.05, 3.63) is 77.4 Å². The van der Waals surface area contributed by atoms with Crippen LogP contribution in [0.3, 0.4) is 0 Å². The Labute approximate surface area is 235 Å². The van der Waals surface area contributed by atoms with Crippen LogP contribution in [0.25, 0.3) is 22.2 Å². The lowest BCUT2D eigenvalue weighted by molar-refractivity contribution is -0.138. The van der Waals surface area contributed by atoms with E-state index in [4.69, 9.17) is 9.26 Å². The number of carboxylic acid groups (broad SMARTS) is 1. The molecule has 206 valence electrons. The fraction of sp³-hybridized carbons (Fsp3) is 0.394. The summed E-state index contributed by atoms with van der Waals surface area (Å²) in [5.41, 5.74) is 6.07. The minimum absolute atomic E-state index is 0.507. The van der Waals surface area contributed by atoms with Gasteiger partial charge in [-0.1, -0.05) is 62.2 Å². The van der Waals surface area contributed by atoms with E-state index in [9.17, 15) is 9.90 Å². The number of thioether (sulfide) groups is 1. The van der Waals surface area contributed by atoms with Gasteiger partial charge in [0.1, 0.15) is 11.4 Å². The van der Waals surface area contributed by atoms with Gasteiger partial charge in [0.15, 0.2) is 5.58 Å². The third-order valence-electron chi connectivity index (χ3n) is 7.04. The molecule has 0 aliphatic rings. The van der Waals surface area contributed by atoms with Gasteiger partial charge < -0.3 is 14.4 Å². The molecule has 0 aliphatic carbocycles. The molecule has 1 aromatic heterocycles. The number of benzene rings is 3. The first kappa shape index (κ1) is 28.8. The van der Waals surface area contributed by atoms with Crippen molar-refractivity contribution < 1.29 is 19.2 Å². The summed E-state index contributed by atoms with van der Waals surface area (Å²) < 4.78 is 12.2. The number of aliphatic carboxylic acids is 1. The molecular formula is C33H39NO4S. The maximum Gasteiger partial charge on any atom is 0.310 e. The summed E-state index contributed by atoms with van der Waals surface area (Å²) in [6, 6.07) is 20.6. The highest BCUT2D eigenvalue weighted by Crippen LogP contribution is 2.36. The van der Waals surface area contributed by atoms with Gasteiger partial charge in [-0.05, 0) is 80.5 Å². The van der Waals surface area contributed by atoms with Gasteiger partial charge in [0.05, 0.1) is 17.9 Å². The molecule has 4 aromatic rings. The highest BCUT2D eigenvalue weighted by Gasteiger charge is 2.18. The zero-order valence-electron chi connectivity index (χ0n) is 23.2. The molecule has 0 spiro atoms. The molecule has 0 saturated carbocycles. The van der Waals surface area contributed by atoms with Crippen LogP contribution in [-0.4, -0.2) is 28.6 Å². The smallest absolute Gasteiger partial charge is 0.310 e. The van der Waals surface area contributed by atoms with E-state index in [-0.39, 0.29) is 0 Å². The molecule has 1 heterocycles. The van der Waals surface area contributed by atoms with Gasteiger partial charge in [-0.15, -0.1) is 11.8 Å². The van der Waals surface area contributed by atoms with Crippen molar-refractivity contribution in [1.29, 1.82) is 0 Å². The van der Waals surface area contributed by atoms with Crippen LogP contribution in [0.5, 0.6) is 5.75 Å². The van der Waals surface area contributed by atoms with Crippen LogP contribution in [0.15, 0.2) is 70.1 Å². The number of aromatic nitrogens is 1. The minimum Gasteiger partial charge on any atom is -0.493 e. The number of fused-ring (bicyclic) bond motifs is 1. The summed E-state index contributed by atoms with van der Waals surface area (Å²) >= 11 is 1.72. The average molecular weight is 546 g/mol. The maximum absolute atomic E-state index is 11.3. The van der Waals surface area contributed by atoms with E-state index in [2.05, 4.69) is 55.4 Å². The SMILES string of the molecule is CCCCc1cccc(-c2noc3c(CCCC)c(OCCCSc4cccc(C(C)C(=O)O)c4)ccc23)c1. The Hall–Kier alpha value is -3.25. The van der Waals surface area contributed by atoms with Crippen LogP contribution in [0, 0.1) is 0 Å². The fourth-order valence-corrected chi connectivity index (χ4v) is 5.57. The van der Waals surface area contributed by atoms with Crippen LogP contribution >= 0.6 is 11.8 Å². The van der Waals surface area contributed by atoms with Gasteiger partial charge in [-0.2, -0.15) is 0 Å². The average Bonchev–Trinajstić information content (AvgIpc) is 3.39. The monoisotopic (exact) mass is 545 g/mol. The van der Waals surface area contributed by atoms with E-state index in [0.29, 0.717) is 6.61 Å². The lowest BCUT2D eigenvalue weighted by Gasteiger charge is -2.12. The number of ether oxygens (including phenoxy) is 1. The number of nitrogens with zero attached hydrogens (tertiary/aromatic N) is 1. The fourth-order valence-electron chi connectivity index (χ4n) is 4.68. The van der Waals surface area contributed by atoms with Gasteiger partial charge in [-0.25, -0.2) is 0 Å². The van der Waals surface area contributed by atoms with E-state index < -0.39 is 11.9 Å². The zero-order chi connectivity index (χ0) is 27.6. The number of carboxylic acids is 1. The van der Waals surface area contributed by atoms with Crippen molar-refractivity contribution in [1.82, 2.24) is 5.16 Å². The molecule has 0 radical (unpaired) electrons. The summed E-state index contributed by atoms with van der Waals surface area (Å²) in [5.74, 6) is 0.448. The molecule has 0 saturated heterocycles. The van der Waals surface area contributed by atoms with Crippen LogP contribution in [0.1, 0.15) is 75.5 Å². The number of rotatable bonds is 15. The highest BCUT2D eigenvalue weighted by molar-refractivity contribution is 7.99. The Morgan fingerprint density at radius 3 is 2.59 bits per heavy atom. The summed E-state index contributed by atoms with van der Waals surface area (Å²) in [5, 5.41) is 14.8. The molecule has 1 N–H and O–H groups in total. The lowest BCUT2D eigenvalue weighted by Crippen LogP contribution is -2.07. The number of unbranched alkanes of at least 4 members (excludes halogenated alkanes) is 2. The topological polar surface area (TPSA) is 72.6 Å². The van der Waals surface area contributed by atoms with E-state index in [1.54, 1.807) is 18.7 Å². The number of aryl methyl sites for hydroxylation is 2. The minimum atomic E-state index is -0.805. The lowest BCUT2D eigenvalue weighted by atomic mass is 9.99. The second-order valence-electron chi connectivity index (χ2n) is 10.0. The predicted octanol–water partition coefficient (Wildman–Crippen LogP) is 8.93. The Kier molecular flexibility index (Phi) is 10.5. The van der Waals surface area contributed by atoms with Crippen molar-refractivity contribution >= 4 is 28.7 Å². The predicted molar refractivity (Wildman–Crippen MR) is 160 cm³/mol. The third-order valence-corrected chi connectivity index (χ3v) is 8.12. The maximum atomic E-state index is 11.3. The molecule has 4 rings (SSSR count). The molecule has 3 aromatic carbocycles. The van der Waals surface area contributed by atoms with Crippen molar-refractivity contribution in [2.24, 2.45) is 0 Å². The third kappa shape index (κ3) is 7.45. The Morgan fingerprint density at radius 1 is 1.00 bits per heavy atom. The summed E-state index contributed by atoms with van der Waals surface area (Å²) in [6.45, 7) is 6.73. The van der Waals surface area contributed by atoms with E-state index in [0.717, 1.165) is 81.9 Å². The number of hydrogen-bond donors (Lipinski definition) is 1. The van der Waals surface area contributed by atoms with Crippen LogP contribution in [-0.2, 0) is 17.6 Å². The molecule has 0 aliphatic heterocycles. The molecule has 5 nitrogen and oxygen atoms in total. The Bertz CT molecular complexity index is 1380. The second-order valence-corrected chi connectivity index (χ2v) is 11.2. The summed E-state index contributed by atoms with van der Waals surface area (Å²) in [7, 11) is 0. The first-order valence-corrected chi connectivity index (χ1v) is 15.1. The van der Waals surface area contributed by atoms with Crippen molar-refractivity contribution in [2.75, 3.05) is 12.4 Å². The molecule has 0 amide bonds. The molecule has 6 heteroatoms. The molecular weight excluding hydrogens is 506 g/mol. The summed E-state index contributed by atoms with van der Waals surface area (Å²) in [4.78, 5) is 12.4. The Morgan fingerprint density at radius 2 is 1.79 bits per heavy atom. The van der Waals surface area contributed by atoms with Gasteiger partial charge in [0, 0.05) is 21.8 Å². The number of carbonyl (C=O) groups is 1. The van der Waals surface area contributed by atoms with Gasteiger partial charge >= 0.3 is 5.97 Å². The van der Waals surface area contributed by atoms with Gasteiger partial charge in [0.2, 0.25) is 0 Å².